The van der Waals surface area contributed by atoms with Crippen molar-refractivity contribution in [1.82, 2.24) is 24.1 Å². The van der Waals surface area contributed by atoms with E-state index in [9.17, 15) is 0 Å². The molecule has 3 heterocycles. The Balaban J connectivity index is 1.15. The summed E-state index contributed by atoms with van der Waals surface area (Å²) in [5.74, 6) is 1.77. The lowest BCUT2D eigenvalue weighted by atomic mass is 9.99. The Bertz CT molecular complexity index is 3610. The molecular weight excluding hydrogens is 755 g/mol. The van der Waals surface area contributed by atoms with Gasteiger partial charge >= 0.3 is 0 Å². The summed E-state index contributed by atoms with van der Waals surface area (Å²) in [6.45, 7) is 0. The number of benzene rings is 9. The molecule has 0 aliphatic rings. The minimum Gasteiger partial charge on any atom is -0.307 e. The van der Waals surface area contributed by atoms with Gasteiger partial charge in [0.15, 0.2) is 11.6 Å². The molecule has 0 atom stereocenters. The van der Waals surface area contributed by atoms with Crippen LogP contribution < -0.4 is 0 Å². The average Bonchev–Trinajstić information content (AvgIpc) is 3.88. The van der Waals surface area contributed by atoms with Gasteiger partial charge in [0.25, 0.3) is 0 Å². The number of aromatic nitrogens is 5. The van der Waals surface area contributed by atoms with Crippen LogP contribution in [0.2, 0.25) is 0 Å². The Morgan fingerprint density at radius 3 is 1.39 bits per heavy atom. The Hall–Kier alpha value is -8.41. The minimum atomic E-state index is 0.555. The highest BCUT2D eigenvalue weighted by atomic mass is 15.2. The summed E-state index contributed by atoms with van der Waals surface area (Å²) in [4.78, 5) is 15.9. The Morgan fingerprint density at radius 1 is 0.274 bits per heavy atom. The van der Waals surface area contributed by atoms with E-state index in [2.05, 4.69) is 209 Å². The SMILES string of the molecule is c1ccc(-c2ccc(-c3ccccc3-n3c4ccccc4c4ccc5c6ccccc6n(-c6nc(-c7ccccc7)nc(-c7cccc(-c8ccccc8)c7)n6)c5c43)cc2)cc1. The molecule has 0 saturated heterocycles. The van der Waals surface area contributed by atoms with Crippen molar-refractivity contribution in [1.29, 1.82) is 0 Å². The van der Waals surface area contributed by atoms with Gasteiger partial charge in [0.2, 0.25) is 5.95 Å². The molecule has 0 saturated carbocycles. The number of fused-ring (bicyclic) bond motifs is 7. The van der Waals surface area contributed by atoms with E-state index in [1.807, 2.05) is 24.3 Å². The molecule has 0 spiro atoms. The van der Waals surface area contributed by atoms with Crippen LogP contribution in [-0.4, -0.2) is 24.1 Å². The molecule has 5 nitrogen and oxygen atoms in total. The molecule has 62 heavy (non-hydrogen) atoms. The molecular formula is C57H37N5. The van der Waals surface area contributed by atoms with Crippen LogP contribution in [0.25, 0.3) is 111 Å². The largest absolute Gasteiger partial charge is 0.307 e. The second kappa shape index (κ2) is 14.7. The van der Waals surface area contributed by atoms with E-state index >= 15 is 0 Å². The Morgan fingerprint density at radius 2 is 0.726 bits per heavy atom. The van der Waals surface area contributed by atoms with Crippen molar-refractivity contribution in [3.05, 3.63) is 224 Å². The van der Waals surface area contributed by atoms with Gasteiger partial charge in [-0.3, -0.25) is 4.57 Å². The first-order valence-corrected chi connectivity index (χ1v) is 21.0. The van der Waals surface area contributed by atoms with E-state index in [1.165, 1.54) is 16.5 Å². The summed E-state index contributed by atoms with van der Waals surface area (Å²) < 4.78 is 4.71. The first kappa shape index (κ1) is 35.5. The van der Waals surface area contributed by atoms with Crippen molar-refractivity contribution < 1.29 is 0 Å². The van der Waals surface area contributed by atoms with Crippen molar-refractivity contribution >= 4 is 43.6 Å². The van der Waals surface area contributed by atoms with Crippen LogP contribution in [0.1, 0.15) is 0 Å². The minimum absolute atomic E-state index is 0.555. The van der Waals surface area contributed by atoms with Crippen LogP contribution in [0.3, 0.4) is 0 Å². The fourth-order valence-electron chi connectivity index (χ4n) is 9.12. The van der Waals surface area contributed by atoms with E-state index in [4.69, 9.17) is 15.0 Å². The standard InChI is InChI=1S/C57H37N5/c1-4-17-38(18-5-1)40-31-33-41(34-32-40)45-25-10-13-28-50(45)61-51-29-14-11-26-46(51)48-35-36-49-47-27-12-15-30-52(47)62(54(49)53(48)61)57-59-55(42-21-8-3-9-22-42)58-56(60-57)44-24-16-23-43(37-44)39-19-6-2-7-20-39/h1-37H. The molecule has 0 fully saturated rings. The predicted molar refractivity (Wildman–Crippen MR) is 256 cm³/mol. The maximum absolute atomic E-state index is 5.40. The maximum atomic E-state index is 5.40. The first-order valence-electron chi connectivity index (χ1n) is 21.0. The first-order chi connectivity index (χ1) is 30.8. The summed E-state index contributed by atoms with van der Waals surface area (Å²) in [6.07, 6.45) is 0. The highest BCUT2D eigenvalue weighted by Gasteiger charge is 2.24. The van der Waals surface area contributed by atoms with Crippen molar-refractivity contribution in [2.24, 2.45) is 0 Å². The van der Waals surface area contributed by atoms with E-state index < -0.39 is 0 Å². The van der Waals surface area contributed by atoms with E-state index in [0.717, 1.165) is 77.3 Å². The smallest absolute Gasteiger partial charge is 0.238 e. The molecule has 0 N–H and O–H groups in total. The van der Waals surface area contributed by atoms with Gasteiger partial charge in [0, 0.05) is 38.2 Å². The quantitative estimate of drug-likeness (QED) is 0.162. The molecule has 12 aromatic rings. The highest BCUT2D eigenvalue weighted by molar-refractivity contribution is 6.24. The predicted octanol–water partition coefficient (Wildman–Crippen LogP) is 14.4. The summed E-state index contributed by atoms with van der Waals surface area (Å²) in [5.41, 5.74) is 14.1. The third-order valence-corrected chi connectivity index (χ3v) is 12.0. The molecule has 0 aliphatic carbocycles. The summed E-state index contributed by atoms with van der Waals surface area (Å²) in [7, 11) is 0. The lowest BCUT2D eigenvalue weighted by Crippen LogP contribution is -2.07. The number of hydrogen-bond acceptors (Lipinski definition) is 3. The zero-order valence-electron chi connectivity index (χ0n) is 33.6. The number of para-hydroxylation sites is 3. The van der Waals surface area contributed by atoms with Crippen molar-refractivity contribution in [2.45, 2.75) is 0 Å². The molecule has 9 aromatic carbocycles. The van der Waals surface area contributed by atoms with Gasteiger partial charge in [-0.05, 0) is 52.1 Å². The lowest BCUT2D eigenvalue weighted by Gasteiger charge is -2.16. The zero-order chi connectivity index (χ0) is 41.0. The monoisotopic (exact) mass is 791 g/mol. The fourth-order valence-corrected chi connectivity index (χ4v) is 9.12. The zero-order valence-corrected chi connectivity index (χ0v) is 33.6. The molecule has 5 heteroatoms. The Labute approximate surface area is 358 Å². The van der Waals surface area contributed by atoms with Gasteiger partial charge < -0.3 is 4.57 Å². The number of rotatable bonds is 7. The van der Waals surface area contributed by atoms with Crippen molar-refractivity contribution in [2.75, 3.05) is 0 Å². The van der Waals surface area contributed by atoms with Gasteiger partial charge in [-0.2, -0.15) is 9.97 Å². The maximum Gasteiger partial charge on any atom is 0.238 e. The summed E-state index contributed by atoms with van der Waals surface area (Å²) in [5, 5.41) is 4.57. The van der Waals surface area contributed by atoms with Crippen LogP contribution in [0.4, 0.5) is 0 Å². The van der Waals surface area contributed by atoms with Crippen LogP contribution in [0.15, 0.2) is 224 Å². The van der Waals surface area contributed by atoms with Gasteiger partial charge in [0.05, 0.1) is 27.8 Å². The van der Waals surface area contributed by atoms with Gasteiger partial charge in [-0.25, -0.2) is 4.98 Å². The second-order valence-electron chi connectivity index (χ2n) is 15.6. The molecule has 0 radical (unpaired) electrons. The summed E-state index contributed by atoms with van der Waals surface area (Å²) >= 11 is 0. The van der Waals surface area contributed by atoms with E-state index in [0.29, 0.717) is 17.6 Å². The molecule has 290 valence electrons. The third kappa shape index (κ3) is 5.90. The van der Waals surface area contributed by atoms with Gasteiger partial charge in [-0.15, -0.1) is 0 Å². The van der Waals surface area contributed by atoms with Crippen molar-refractivity contribution in [3.63, 3.8) is 0 Å². The normalized spacial score (nSPS) is 11.5. The summed E-state index contributed by atoms with van der Waals surface area (Å²) in [6, 6.07) is 79.3. The van der Waals surface area contributed by atoms with Crippen LogP contribution in [-0.2, 0) is 0 Å². The third-order valence-electron chi connectivity index (χ3n) is 12.0. The molecule has 0 bridgehead atoms. The highest BCUT2D eigenvalue weighted by Crippen LogP contribution is 2.43. The molecule has 12 rings (SSSR count). The van der Waals surface area contributed by atoms with Gasteiger partial charge in [-0.1, -0.05) is 200 Å². The second-order valence-corrected chi connectivity index (χ2v) is 15.6. The van der Waals surface area contributed by atoms with E-state index in [-0.39, 0.29) is 0 Å². The van der Waals surface area contributed by atoms with Crippen LogP contribution in [0, 0.1) is 0 Å². The Kier molecular flexibility index (Phi) is 8.42. The van der Waals surface area contributed by atoms with Crippen LogP contribution in [0.5, 0.6) is 0 Å². The van der Waals surface area contributed by atoms with E-state index in [1.54, 1.807) is 0 Å². The molecule has 3 aromatic heterocycles. The topological polar surface area (TPSA) is 48.5 Å². The number of hydrogen-bond donors (Lipinski definition) is 0. The van der Waals surface area contributed by atoms with Gasteiger partial charge in [0.1, 0.15) is 0 Å². The number of nitrogens with zero attached hydrogens (tertiary/aromatic N) is 5. The molecule has 0 unspecified atom stereocenters. The fraction of sp³-hybridized carbons (Fsp3) is 0. The molecule has 0 aliphatic heterocycles. The molecule has 0 amide bonds. The van der Waals surface area contributed by atoms with Crippen LogP contribution >= 0.6 is 0 Å². The lowest BCUT2D eigenvalue weighted by molar-refractivity contribution is 0.953. The van der Waals surface area contributed by atoms with Crippen molar-refractivity contribution in [3.8, 4) is 67.8 Å². The average molecular weight is 792 g/mol.